The summed E-state index contributed by atoms with van der Waals surface area (Å²) in [6, 6.07) is 0. The first kappa shape index (κ1) is 17.5. The molecule has 142 valence electrons. The Morgan fingerprint density at radius 3 is 2.81 bits per heavy atom. The Balaban J connectivity index is 1.36. The smallest absolute Gasteiger partial charge is 0.141 e. The van der Waals surface area contributed by atoms with Gasteiger partial charge in [0.25, 0.3) is 0 Å². The lowest BCUT2D eigenvalue weighted by molar-refractivity contribution is 0.247. The SMILES string of the molecule is Cc1nc(CN2CCN(c3ncnc4sc5c(c34)CCC(C)C5)CC2)cs1. The van der Waals surface area contributed by atoms with Crippen LogP contribution in [-0.4, -0.2) is 46.0 Å². The average molecular weight is 400 g/mol. The third-order valence-electron chi connectivity index (χ3n) is 5.80. The van der Waals surface area contributed by atoms with Crippen LogP contribution in [0.5, 0.6) is 0 Å². The van der Waals surface area contributed by atoms with Gasteiger partial charge in [-0.05, 0) is 37.7 Å². The van der Waals surface area contributed by atoms with E-state index in [1.54, 1.807) is 22.5 Å². The Bertz CT molecular complexity index is 955. The second kappa shape index (κ2) is 7.11. The van der Waals surface area contributed by atoms with Crippen LogP contribution in [-0.2, 0) is 19.4 Å². The number of aromatic nitrogens is 3. The molecule has 0 aromatic carbocycles. The van der Waals surface area contributed by atoms with E-state index in [1.807, 2.05) is 11.3 Å². The van der Waals surface area contributed by atoms with E-state index in [0.717, 1.165) is 49.5 Å². The zero-order valence-electron chi connectivity index (χ0n) is 15.9. The van der Waals surface area contributed by atoms with Crippen molar-refractivity contribution in [1.29, 1.82) is 0 Å². The van der Waals surface area contributed by atoms with Crippen LogP contribution in [0, 0.1) is 12.8 Å². The van der Waals surface area contributed by atoms with Gasteiger partial charge in [-0.3, -0.25) is 4.90 Å². The van der Waals surface area contributed by atoms with Crippen molar-refractivity contribution in [2.24, 2.45) is 5.92 Å². The van der Waals surface area contributed by atoms with Gasteiger partial charge in [0.15, 0.2) is 0 Å². The summed E-state index contributed by atoms with van der Waals surface area (Å²) in [5, 5.41) is 4.69. The summed E-state index contributed by atoms with van der Waals surface area (Å²) < 4.78 is 0. The van der Waals surface area contributed by atoms with E-state index in [1.165, 1.54) is 40.7 Å². The molecule has 3 aromatic heterocycles. The van der Waals surface area contributed by atoms with Crippen LogP contribution in [0.4, 0.5) is 5.82 Å². The summed E-state index contributed by atoms with van der Waals surface area (Å²) in [6.07, 6.45) is 5.43. The van der Waals surface area contributed by atoms with Gasteiger partial charge in [0.2, 0.25) is 0 Å². The van der Waals surface area contributed by atoms with Gasteiger partial charge in [0.1, 0.15) is 17.0 Å². The largest absolute Gasteiger partial charge is 0.353 e. The predicted octanol–water partition coefficient (Wildman–Crippen LogP) is 3.90. The molecule has 0 radical (unpaired) electrons. The lowest BCUT2D eigenvalue weighted by atomic mass is 9.89. The molecule has 4 heterocycles. The summed E-state index contributed by atoms with van der Waals surface area (Å²) in [6.45, 7) is 9.57. The van der Waals surface area contributed by atoms with E-state index < -0.39 is 0 Å². The Morgan fingerprint density at radius 1 is 1.19 bits per heavy atom. The van der Waals surface area contributed by atoms with Crippen LogP contribution in [0.25, 0.3) is 10.2 Å². The summed E-state index contributed by atoms with van der Waals surface area (Å²) in [4.78, 5) is 21.7. The fraction of sp³-hybridized carbons (Fsp3) is 0.550. The Morgan fingerprint density at radius 2 is 2.04 bits per heavy atom. The van der Waals surface area contributed by atoms with Gasteiger partial charge in [-0.1, -0.05) is 6.92 Å². The molecule has 0 spiro atoms. The Kier molecular flexibility index (Phi) is 4.61. The number of hydrogen-bond acceptors (Lipinski definition) is 7. The van der Waals surface area contributed by atoms with Crippen LogP contribution < -0.4 is 4.90 Å². The number of nitrogens with zero attached hydrogens (tertiary/aromatic N) is 5. The number of thiazole rings is 1. The van der Waals surface area contributed by atoms with Crippen LogP contribution in [0.1, 0.15) is 34.5 Å². The maximum absolute atomic E-state index is 4.73. The molecule has 1 unspecified atom stereocenters. The molecular weight excluding hydrogens is 374 g/mol. The third kappa shape index (κ3) is 3.37. The zero-order valence-corrected chi connectivity index (χ0v) is 17.6. The second-order valence-electron chi connectivity index (χ2n) is 7.85. The number of aryl methyl sites for hydroxylation is 2. The predicted molar refractivity (Wildman–Crippen MR) is 113 cm³/mol. The summed E-state index contributed by atoms with van der Waals surface area (Å²) in [7, 11) is 0. The molecule has 0 bridgehead atoms. The summed E-state index contributed by atoms with van der Waals surface area (Å²) in [5.41, 5.74) is 2.74. The van der Waals surface area contributed by atoms with E-state index in [9.17, 15) is 0 Å². The molecule has 7 heteroatoms. The minimum Gasteiger partial charge on any atom is -0.353 e. The van der Waals surface area contributed by atoms with Crippen LogP contribution in [0.15, 0.2) is 11.7 Å². The molecule has 1 aliphatic heterocycles. The fourth-order valence-corrected chi connectivity index (χ4v) is 6.27. The molecule has 0 amide bonds. The van der Waals surface area contributed by atoms with E-state index in [4.69, 9.17) is 4.98 Å². The second-order valence-corrected chi connectivity index (χ2v) is 10.00. The van der Waals surface area contributed by atoms with Crippen molar-refractivity contribution in [3.05, 3.63) is 32.8 Å². The first-order chi connectivity index (χ1) is 13.2. The van der Waals surface area contributed by atoms with Crippen molar-refractivity contribution >= 4 is 38.7 Å². The number of anilines is 1. The molecule has 1 aliphatic carbocycles. The van der Waals surface area contributed by atoms with Crippen molar-refractivity contribution < 1.29 is 0 Å². The van der Waals surface area contributed by atoms with Gasteiger partial charge >= 0.3 is 0 Å². The normalized spacial score (nSPS) is 21.0. The van der Waals surface area contributed by atoms with Crippen molar-refractivity contribution in [2.45, 2.75) is 39.7 Å². The van der Waals surface area contributed by atoms with Crippen molar-refractivity contribution in [3.63, 3.8) is 0 Å². The molecule has 2 aliphatic rings. The number of rotatable bonds is 3. The molecule has 0 N–H and O–H groups in total. The molecule has 1 atom stereocenters. The fourth-order valence-electron chi connectivity index (χ4n) is 4.33. The lowest BCUT2D eigenvalue weighted by Crippen LogP contribution is -2.46. The molecule has 5 nitrogen and oxygen atoms in total. The molecule has 1 saturated heterocycles. The van der Waals surface area contributed by atoms with E-state index >= 15 is 0 Å². The quantitative estimate of drug-likeness (QED) is 0.668. The molecule has 3 aromatic rings. The van der Waals surface area contributed by atoms with Crippen molar-refractivity contribution in [3.8, 4) is 0 Å². The Labute approximate surface area is 168 Å². The molecular formula is C20H25N5S2. The Hall–Kier alpha value is -1.57. The minimum absolute atomic E-state index is 0.792. The average Bonchev–Trinajstić information content (AvgIpc) is 3.24. The highest BCUT2D eigenvalue weighted by Crippen LogP contribution is 2.40. The number of piperazine rings is 1. The number of thiophene rings is 1. The number of fused-ring (bicyclic) bond motifs is 3. The maximum Gasteiger partial charge on any atom is 0.141 e. The molecule has 5 rings (SSSR count). The third-order valence-corrected chi connectivity index (χ3v) is 7.78. The minimum atomic E-state index is 0.792. The van der Waals surface area contributed by atoms with Gasteiger partial charge in [0, 0.05) is 43.0 Å². The highest BCUT2D eigenvalue weighted by molar-refractivity contribution is 7.19. The van der Waals surface area contributed by atoms with E-state index in [-0.39, 0.29) is 0 Å². The van der Waals surface area contributed by atoms with Gasteiger partial charge in [-0.2, -0.15) is 0 Å². The van der Waals surface area contributed by atoms with Crippen molar-refractivity contribution in [1.82, 2.24) is 19.9 Å². The van der Waals surface area contributed by atoms with Gasteiger partial charge < -0.3 is 4.90 Å². The molecule has 0 saturated carbocycles. The highest BCUT2D eigenvalue weighted by atomic mass is 32.1. The highest BCUT2D eigenvalue weighted by Gasteiger charge is 2.26. The van der Waals surface area contributed by atoms with Gasteiger partial charge in [-0.25, -0.2) is 15.0 Å². The number of hydrogen-bond donors (Lipinski definition) is 0. The van der Waals surface area contributed by atoms with Crippen LogP contribution in [0.2, 0.25) is 0 Å². The van der Waals surface area contributed by atoms with Gasteiger partial charge in [0.05, 0.1) is 16.1 Å². The zero-order chi connectivity index (χ0) is 18.4. The van der Waals surface area contributed by atoms with Crippen LogP contribution in [0.3, 0.4) is 0 Å². The summed E-state index contributed by atoms with van der Waals surface area (Å²) in [5.74, 6) is 1.95. The standard InChI is InChI=1S/C20H25N5S2/c1-13-3-4-16-17(9-13)27-20-18(16)19(21-12-22-20)25-7-5-24(6-8-25)10-15-11-26-14(2)23-15/h11-13H,3-10H2,1-2H3. The topological polar surface area (TPSA) is 45.2 Å². The van der Waals surface area contributed by atoms with Gasteiger partial charge in [-0.15, -0.1) is 22.7 Å². The van der Waals surface area contributed by atoms with Crippen LogP contribution >= 0.6 is 22.7 Å². The lowest BCUT2D eigenvalue weighted by Gasteiger charge is -2.35. The van der Waals surface area contributed by atoms with E-state index in [0.29, 0.717) is 0 Å². The monoisotopic (exact) mass is 399 g/mol. The molecule has 1 fully saturated rings. The van der Waals surface area contributed by atoms with Crippen molar-refractivity contribution in [2.75, 3.05) is 31.1 Å². The maximum atomic E-state index is 4.73. The first-order valence-corrected chi connectivity index (χ1v) is 11.5. The molecule has 27 heavy (non-hydrogen) atoms. The first-order valence-electron chi connectivity index (χ1n) is 9.81. The van der Waals surface area contributed by atoms with E-state index in [2.05, 4.69) is 39.0 Å². The summed E-state index contributed by atoms with van der Waals surface area (Å²) >= 11 is 3.63.